The van der Waals surface area contributed by atoms with Crippen molar-refractivity contribution in [3.63, 3.8) is 0 Å². The number of benzene rings is 1. The Bertz CT molecular complexity index is 668. The first-order valence-corrected chi connectivity index (χ1v) is 7.16. The second-order valence-corrected chi connectivity index (χ2v) is 5.54. The molecule has 1 aromatic carbocycles. The van der Waals surface area contributed by atoms with Crippen LogP contribution in [0.1, 0.15) is 28.8 Å². The quantitative estimate of drug-likeness (QED) is 0.911. The zero-order chi connectivity index (χ0) is 14.8. The Hall–Kier alpha value is -2.14. The van der Waals surface area contributed by atoms with Crippen molar-refractivity contribution in [2.75, 3.05) is 5.32 Å². The summed E-state index contributed by atoms with van der Waals surface area (Å²) in [6.45, 7) is 1.94. The Morgan fingerprint density at radius 2 is 2.00 bits per heavy atom. The maximum atomic E-state index is 11.8. The number of nitrogens with one attached hydrogen (secondary N) is 2. The van der Waals surface area contributed by atoms with Crippen molar-refractivity contribution in [1.29, 1.82) is 0 Å². The zero-order valence-corrected chi connectivity index (χ0v) is 12.3. The van der Waals surface area contributed by atoms with Crippen molar-refractivity contribution in [2.24, 2.45) is 0 Å². The summed E-state index contributed by atoms with van der Waals surface area (Å²) < 4.78 is 0. The number of hydrogen-bond donors (Lipinski definition) is 2. The fourth-order valence-corrected chi connectivity index (χ4v) is 1.99. The van der Waals surface area contributed by atoms with Gasteiger partial charge in [-0.3, -0.25) is 4.79 Å². The number of hydrogen-bond acceptors (Lipinski definition) is 4. The van der Waals surface area contributed by atoms with Crippen molar-refractivity contribution >= 4 is 29.1 Å². The van der Waals surface area contributed by atoms with Crippen LogP contribution in [0.3, 0.4) is 0 Å². The molecule has 1 saturated carbocycles. The average Bonchev–Trinajstić information content (AvgIpc) is 3.28. The van der Waals surface area contributed by atoms with E-state index in [1.807, 2.05) is 25.1 Å². The fraction of sp³-hybridized carbons (Fsp3) is 0.267. The summed E-state index contributed by atoms with van der Waals surface area (Å²) in [5, 5.41) is 6.63. The predicted octanol–water partition coefficient (Wildman–Crippen LogP) is 3.07. The molecule has 0 atom stereocenters. The van der Waals surface area contributed by atoms with E-state index in [1.165, 1.54) is 12.4 Å². The van der Waals surface area contributed by atoms with E-state index in [1.54, 1.807) is 0 Å². The Kier molecular flexibility index (Phi) is 3.75. The Balaban J connectivity index is 1.68. The van der Waals surface area contributed by atoms with E-state index >= 15 is 0 Å². The number of amides is 1. The molecule has 2 aromatic rings. The molecular formula is C15H15ClN4O. The monoisotopic (exact) mass is 302 g/mol. The van der Waals surface area contributed by atoms with E-state index in [0.29, 0.717) is 22.6 Å². The Labute approximate surface area is 127 Å². The average molecular weight is 303 g/mol. The highest BCUT2D eigenvalue weighted by molar-refractivity contribution is 6.31. The first kappa shape index (κ1) is 13.8. The third-order valence-electron chi connectivity index (χ3n) is 3.25. The minimum Gasteiger partial charge on any atom is -0.349 e. The molecule has 3 rings (SSSR count). The molecular weight excluding hydrogens is 288 g/mol. The number of anilines is 2. The van der Waals surface area contributed by atoms with Gasteiger partial charge in [0.1, 0.15) is 0 Å². The summed E-state index contributed by atoms with van der Waals surface area (Å²) in [5.74, 6) is 0.306. The molecule has 0 aliphatic heterocycles. The van der Waals surface area contributed by atoms with E-state index in [0.717, 1.165) is 24.1 Å². The van der Waals surface area contributed by atoms with Gasteiger partial charge in [-0.25, -0.2) is 9.97 Å². The third-order valence-corrected chi connectivity index (χ3v) is 3.66. The topological polar surface area (TPSA) is 66.9 Å². The Morgan fingerprint density at radius 1 is 1.29 bits per heavy atom. The molecule has 1 aliphatic carbocycles. The van der Waals surface area contributed by atoms with Gasteiger partial charge in [0.05, 0.1) is 5.56 Å². The maximum Gasteiger partial charge on any atom is 0.254 e. The highest BCUT2D eigenvalue weighted by atomic mass is 35.5. The van der Waals surface area contributed by atoms with Gasteiger partial charge in [0.2, 0.25) is 5.95 Å². The van der Waals surface area contributed by atoms with Crippen LogP contribution >= 0.6 is 11.6 Å². The van der Waals surface area contributed by atoms with Gasteiger partial charge in [-0.2, -0.15) is 0 Å². The van der Waals surface area contributed by atoms with Gasteiger partial charge in [0.25, 0.3) is 5.91 Å². The molecule has 2 N–H and O–H groups in total. The van der Waals surface area contributed by atoms with Gasteiger partial charge in [0.15, 0.2) is 0 Å². The summed E-state index contributed by atoms with van der Waals surface area (Å²) in [4.78, 5) is 20.1. The highest BCUT2D eigenvalue weighted by Gasteiger charge is 2.23. The van der Waals surface area contributed by atoms with Gasteiger partial charge in [-0.15, -0.1) is 0 Å². The third kappa shape index (κ3) is 3.49. The summed E-state index contributed by atoms with van der Waals surface area (Å²) in [6, 6.07) is 5.96. The summed E-state index contributed by atoms with van der Waals surface area (Å²) in [7, 11) is 0. The molecule has 0 radical (unpaired) electrons. The standard InChI is InChI=1S/C15H15ClN4O/c1-9-2-3-12(6-13(9)16)20-15-17-7-10(8-18-15)14(21)19-11-4-5-11/h2-3,6-8,11H,4-5H2,1H3,(H,19,21)(H,17,18,20). The van der Waals surface area contributed by atoms with Crippen LogP contribution in [-0.2, 0) is 0 Å². The number of halogens is 1. The normalized spacial score (nSPS) is 13.8. The molecule has 6 heteroatoms. The lowest BCUT2D eigenvalue weighted by molar-refractivity contribution is 0.0950. The minimum atomic E-state index is -0.123. The van der Waals surface area contributed by atoms with Crippen LogP contribution in [0.5, 0.6) is 0 Å². The number of rotatable bonds is 4. The van der Waals surface area contributed by atoms with Crippen molar-refractivity contribution in [3.05, 3.63) is 46.7 Å². The number of carbonyl (C=O) groups excluding carboxylic acids is 1. The van der Waals surface area contributed by atoms with Crippen LogP contribution in [0, 0.1) is 6.92 Å². The first-order chi connectivity index (χ1) is 10.1. The summed E-state index contributed by atoms with van der Waals surface area (Å²) in [5.41, 5.74) is 2.28. The molecule has 0 saturated heterocycles. The first-order valence-electron chi connectivity index (χ1n) is 6.78. The molecule has 108 valence electrons. The molecule has 1 fully saturated rings. The molecule has 0 spiro atoms. The predicted molar refractivity (Wildman–Crippen MR) is 82.0 cm³/mol. The van der Waals surface area contributed by atoms with Crippen molar-refractivity contribution in [3.8, 4) is 0 Å². The number of aromatic nitrogens is 2. The van der Waals surface area contributed by atoms with Crippen LogP contribution in [0.15, 0.2) is 30.6 Å². The minimum absolute atomic E-state index is 0.123. The largest absolute Gasteiger partial charge is 0.349 e. The highest BCUT2D eigenvalue weighted by Crippen LogP contribution is 2.22. The van der Waals surface area contributed by atoms with Gasteiger partial charge in [-0.05, 0) is 37.5 Å². The van der Waals surface area contributed by atoms with Crippen molar-refractivity contribution < 1.29 is 4.79 Å². The summed E-state index contributed by atoms with van der Waals surface area (Å²) in [6.07, 6.45) is 5.15. The maximum absolute atomic E-state index is 11.8. The molecule has 21 heavy (non-hydrogen) atoms. The molecule has 1 aromatic heterocycles. The number of carbonyl (C=O) groups is 1. The second-order valence-electron chi connectivity index (χ2n) is 5.13. The molecule has 1 amide bonds. The van der Waals surface area contributed by atoms with Crippen LogP contribution in [-0.4, -0.2) is 21.9 Å². The molecule has 0 unspecified atom stereocenters. The van der Waals surface area contributed by atoms with E-state index in [4.69, 9.17) is 11.6 Å². The fourth-order valence-electron chi connectivity index (χ4n) is 1.81. The smallest absolute Gasteiger partial charge is 0.254 e. The van der Waals surface area contributed by atoms with Crippen LogP contribution in [0.2, 0.25) is 5.02 Å². The lowest BCUT2D eigenvalue weighted by Crippen LogP contribution is -2.25. The molecule has 0 bridgehead atoms. The molecule has 1 heterocycles. The Morgan fingerprint density at radius 3 is 2.62 bits per heavy atom. The van der Waals surface area contributed by atoms with Gasteiger partial charge in [0, 0.05) is 29.1 Å². The van der Waals surface area contributed by atoms with Gasteiger partial charge < -0.3 is 10.6 Å². The lowest BCUT2D eigenvalue weighted by Gasteiger charge is -2.07. The van der Waals surface area contributed by atoms with Crippen LogP contribution in [0.4, 0.5) is 11.6 Å². The van der Waals surface area contributed by atoms with E-state index < -0.39 is 0 Å². The van der Waals surface area contributed by atoms with Crippen LogP contribution in [0.25, 0.3) is 0 Å². The van der Waals surface area contributed by atoms with Crippen LogP contribution < -0.4 is 10.6 Å². The summed E-state index contributed by atoms with van der Waals surface area (Å²) >= 11 is 6.07. The second kappa shape index (κ2) is 5.69. The zero-order valence-electron chi connectivity index (χ0n) is 11.6. The van der Waals surface area contributed by atoms with Gasteiger partial charge in [-0.1, -0.05) is 17.7 Å². The molecule has 1 aliphatic rings. The number of nitrogens with zero attached hydrogens (tertiary/aromatic N) is 2. The number of aryl methyl sites for hydroxylation is 1. The van der Waals surface area contributed by atoms with E-state index in [2.05, 4.69) is 20.6 Å². The SMILES string of the molecule is Cc1ccc(Nc2ncc(C(=O)NC3CC3)cn2)cc1Cl. The van der Waals surface area contributed by atoms with Gasteiger partial charge >= 0.3 is 0 Å². The van der Waals surface area contributed by atoms with E-state index in [9.17, 15) is 4.79 Å². The van der Waals surface area contributed by atoms with Crippen molar-refractivity contribution in [1.82, 2.24) is 15.3 Å². The lowest BCUT2D eigenvalue weighted by atomic mass is 10.2. The van der Waals surface area contributed by atoms with Crippen molar-refractivity contribution in [2.45, 2.75) is 25.8 Å². The molecule has 5 nitrogen and oxygen atoms in total. The van der Waals surface area contributed by atoms with E-state index in [-0.39, 0.29) is 5.91 Å².